The summed E-state index contributed by atoms with van der Waals surface area (Å²) in [5.74, 6) is 0.524. The highest BCUT2D eigenvalue weighted by Gasteiger charge is 2.28. The summed E-state index contributed by atoms with van der Waals surface area (Å²) in [7, 11) is 0. The highest BCUT2D eigenvalue weighted by Crippen LogP contribution is 2.37. The molecule has 0 saturated carbocycles. The van der Waals surface area contributed by atoms with Crippen LogP contribution >= 0.6 is 90.4 Å². The quantitative estimate of drug-likeness (QED) is 0.374. The number of benzene rings is 2. The number of hydrogen-bond donors (Lipinski definition) is 3. The second-order valence-corrected chi connectivity index (χ2v) is 10.3. The molecule has 0 spiro atoms. The van der Waals surface area contributed by atoms with Gasteiger partial charge in [-0.2, -0.15) is 0 Å². The maximum atomic E-state index is 11.2. The number of carbonyl (C=O) groups is 1. The van der Waals surface area contributed by atoms with Gasteiger partial charge in [0, 0.05) is 6.42 Å². The molecule has 0 aliphatic rings. The second kappa shape index (κ2) is 8.60. The van der Waals surface area contributed by atoms with Crippen molar-refractivity contribution in [2.45, 2.75) is 18.9 Å². The van der Waals surface area contributed by atoms with Gasteiger partial charge in [-0.05, 0) is 127 Å². The van der Waals surface area contributed by atoms with Gasteiger partial charge in [-0.15, -0.1) is 0 Å². The summed E-state index contributed by atoms with van der Waals surface area (Å²) < 4.78 is 9.15. The molecule has 0 unspecified atom stereocenters. The molecular formula is C16H13I4NO4. The lowest BCUT2D eigenvalue weighted by atomic mass is 9.94. The smallest absolute Gasteiger partial charge is 0.323 e. The van der Waals surface area contributed by atoms with Crippen molar-refractivity contribution in [1.82, 2.24) is 0 Å². The van der Waals surface area contributed by atoms with Gasteiger partial charge in [0.1, 0.15) is 17.0 Å². The fourth-order valence-corrected chi connectivity index (χ4v) is 5.86. The van der Waals surface area contributed by atoms with Crippen molar-refractivity contribution in [1.29, 1.82) is 0 Å². The molecule has 2 aromatic rings. The van der Waals surface area contributed by atoms with E-state index in [1.807, 2.05) is 12.1 Å². The lowest BCUT2D eigenvalue weighted by molar-refractivity contribution is -0.142. The van der Waals surface area contributed by atoms with E-state index in [2.05, 4.69) is 90.4 Å². The molecule has 0 aliphatic carbocycles. The first-order valence-corrected chi connectivity index (χ1v) is 11.2. The zero-order valence-corrected chi connectivity index (χ0v) is 21.4. The fraction of sp³-hybridized carbons (Fsp3) is 0.188. The van der Waals surface area contributed by atoms with E-state index in [9.17, 15) is 15.0 Å². The average molecular weight is 791 g/mol. The van der Waals surface area contributed by atoms with Crippen molar-refractivity contribution in [2.75, 3.05) is 0 Å². The number of aromatic hydroxyl groups is 1. The Morgan fingerprint density at radius 2 is 1.56 bits per heavy atom. The summed E-state index contributed by atoms with van der Waals surface area (Å²) in [5.41, 5.74) is 5.35. The van der Waals surface area contributed by atoms with Gasteiger partial charge in [0.15, 0.2) is 5.75 Å². The summed E-state index contributed by atoms with van der Waals surface area (Å²) in [6, 6.07) is 7.28. The van der Waals surface area contributed by atoms with E-state index < -0.39 is 11.5 Å². The van der Waals surface area contributed by atoms with Gasteiger partial charge in [-0.1, -0.05) is 0 Å². The number of phenolic OH excluding ortho intramolecular Hbond substituents is 1. The minimum absolute atomic E-state index is 0.226. The molecule has 0 bridgehead atoms. The Balaban J connectivity index is 2.33. The molecule has 5 nitrogen and oxygen atoms in total. The van der Waals surface area contributed by atoms with Crippen LogP contribution in [0.3, 0.4) is 0 Å². The first-order valence-electron chi connectivity index (χ1n) is 6.87. The molecule has 2 aromatic carbocycles. The molecular weight excluding hydrogens is 778 g/mol. The standard InChI is InChI=1S/C16H13I4NO4/c1-16(21,15(23)24)6-7-2-11(19)14(12(20)3-7)25-8-4-9(17)13(22)10(18)5-8/h2-5,22H,6,21H2,1H3,(H,23,24)/t16-/m0/s1. The third-order valence-corrected chi connectivity index (χ3v) is 6.58. The lowest BCUT2D eigenvalue weighted by Crippen LogP contribution is -2.46. The molecule has 0 radical (unpaired) electrons. The number of rotatable bonds is 5. The molecule has 2 rings (SSSR count). The predicted molar refractivity (Wildman–Crippen MR) is 129 cm³/mol. The number of ether oxygens (including phenoxy) is 1. The van der Waals surface area contributed by atoms with E-state index in [-0.39, 0.29) is 12.2 Å². The summed E-state index contributed by atoms with van der Waals surface area (Å²) in [6.45, 7) is 1.50. The van der Waals surface area contributed by atoms with E-state index in [1.165, 1.54) is 6.92 Å². The number of carboxylic acid groups (broad SMARTS) is 1. The molecule has 0 aliphatic heterocycles. The third kappa shape index (κ3) is 5.44. The van der Waals surface area contributed by atoms with Crippen LogP contribution in [0, 0.1) is 14.3 Å². The fourth-order valence-electron chi connectivity index (χ4n) is 2.03. The van der Waals surface area contributed by atoms with Crippen molar-refractivity contribution in [3.63, 3.8) is 0 Å². The topological polar surface area (TPSA) is 92.8 Å². The molecule has 1 atom stereocenters. The van der Waals surface area contributed by atoms with Crippen LogP contribution in [0.4, 0.5) is 0 Å². The normalized spacial score (nSPS) is 13.4. The molecule has 0 amide bonds. The van der Waals surface area contributed by atoms with Crippen LogP contribution in [0.2, 0.25) is 0 Å². The number of aliphatic carboxylic acids is 1. The van der Waals surface area contributed by atoms with Gasteiger partial charge in [0.25, 0.3) is 0 Å². The molecule has 9 heteroatoms. The van der Waals surface area contributed by atoms with E-state index in [0.717, 1.165) is 12.7 Å². The van der Waals surface area contributed by atoms with Crippen molar-refractivity contribution in [3.05, 3.63) is 44.1 Å². The summed E-state index contributed by atoms with van der Waals surface area (Å²) in [5, 5.41) is 19.1. The number of halogens is 4. The molecule has 0 fully saturated rings. The van der Waals surface area contributed by atoms with Crippen LogP contribution in [0.25, 0.3) is 0 Å². The summed E-state index contributed by atoms with van der Waals surface area (Å²) in [6.07, 6.45) is 0.226. The van der Waals surface area contributed by atoms with E-state index in [4.69, 9.17) is 10.5 Å². The van der Waals surface area contributed by atoms with Gasteiger partial charge >= 0.3 is 5.97 Å². The highest BCUT2D eigenvalue weighted by atomic mass is 127. The molecule has 25 heavy (non-hydrogen) atoms. The number of carboxylic acids is 1. The monoisotopic (exact) mass is 791 g/mol. The number of hydrogen-bond acceptors (Lipinski definition) is 4. The van der Waals surface area contributed by atoms with Crippen LogP contribution in [0.5, 0.6) is 17.2 Å². The van der Waals surface area contributed by atoms with Crippen molar-refractivity contribution in [3.8, 4) is 17.2 Å². The molecule has 0 heterocycles. The Kier molecular flexibility index (Phi) is 7.46. The Morgan fingerprint density at radius 3 is 2.00 bits per heavy atom. The zero-order chi connectivity index (χ0) is 18.9. The van der Waals surface area contributed by atoms with Gasteiger partial charge in [0.2, 0.25) is 0 Å². The lowest BCUT2D eigenvalue weighted by Gasteiger charge is -2.20. The summed E-state index contributed by atoms with van der Waals surface area (Å²) in [4.78, 5) is 11.2. The number of phenols is 1. The molecule has 4 N–H and O–H groups in total. The molecule has 0 aromatic heterocycles. The Labute approximate surface area is 199 Å². The third-order valence-electron chi connectivity index (χ3n) is 3.33. The second-order valence-electron chi connectivity index (χ2n) is 5.63. The van der Waals surface area contributed by atoms with Crippen LogP contribution in [-0.2, 0) is 11.2 Å². The predicted octanol–water partition coefficient (Wildman–Crippen LogP) is 4.95. The van der Waals surface area contributed by atoms with Crippen LogP contribution in [0.1, 0.15) is 12.5 Å². The largest absolute Gasteiger partial charge is 0.506 e. The Bertz CT molecular complexity index is 793. The highest BCUT2D eigenvalue weighted by molar-refractivity contribution is 14.1. The first kappa shape index (κ1) is 21.7. The number of nitrogens with two attached hydrogens (primary N) is 1. The first-order chi connectivity index (χ1) is 11.5. The van der Waals surface area contributed by atoms with Gasteiger partial charge in [-0.3, -0.25) is 4.79 Å². The van der Waals surface area contributed by atoms with E-state index in [1.54, 1.807) is 12.1 Å². The minimum atomic E-state index is -1.32. The van der Waals surface area contributed by atoms with Gasteiger partial charge in [0.05, 0.1) is 14.3 Å². The van der Waals surface area contributed by atoms with Crippen LogP contribution < -0.4 is 10.5 Å². The van der Waals surface area contributed by atoms with E-state index >= 15 is 0 Å². The zero-order valence-electron chi connectivity index (χ0n) is 12.8. The Hall–Kier alpha value is 0.390. The van der Waals surface area contributed by atoms with Crippen molar-refractivity contribution < 1.29 is 19.7 Å². The maximum absolute atomic E-state index is 11.2. The molecule has 0 saturated heterocycles. The van der Waals surface area contributed by atoms with Crippen molar-refractivity contribution in [2.24, 2.45) is 5.73 Å². The van der Waals surface area contributed by atoms with Gasteiger partial charge < -0.3 is 20.7 Å². The van der Waals surface area contributed by atoms with Gasteiger partial charge in [-0.25, -0.2) is 0 Å². The van der Waals surface area contributed by atoms with Crippen LogP contribution in [0.15, 0.2) is 24.3 Å². The Morgan fingerprint density at radius 1 is 1.08 bits per heavy atom. The average Bonchev–Trinajstić information content (AvgIpc) is 2.47. The van der Waals surface area contributed by atoms with E-state index in [0.29, 0.717) is 18.6 Å². The van der Waals surface area contributed by atoms with Crippen LogP contribution in [-0.4, -0.2) is 21.7 Å². The molecule has 134 valence electrons. The maximum Gasteiger partial charge on any atom is 0.323 e. The SMILES string of the molecule is C[C@](N)(Cc1cc(I)c(Oc2cc(I)c(O)c(I)c2)c(I)c1)C(=O)O. The minimum Gasteiger partial charge on any atom is -0.506 e. The summed E-state index contributed by atoms with van der Waals surface area (Å²) >= 11 is 8.43. The van der Waals surface area contributed by atoms with Crippen molar-refractivity contribution >= 4 is 96.3 Å².